The molecule has 3 aliphatic carbocycles. The lowest BCUT2D eigenvalue weighted by molar-refractivity contribution is -0.121. The van der Waals surface area contributed by atoms with E-state index in [0.717, 1.165) is 44.2 Å². The van der Waals surface area contributed by atoms with E-state index in [2.05, 4.69) is 26.1 Å². The number of benzene rings is 1. The summed E-state index contributed by atoms with van der Waals surface area (Å²) in [7, 11) is 1.68. The first-order valence-corrected chi connectivity index (χ1v) is 12.1. The van der Waals surface area contributed by atoms with Crippen LogP contribution in [-0.4, -0.2) is 42.5 Å². The second kappa shape index (κ2) is 8.48. The maximum atomic E-state index is 13.9. The molecular formula is C26H39N3O2. The van der Waals surface area contributed by atoms with Gasteiger partial charge in [0.1, 0.15) is 6.54 Å². The average molecular weight is 426 g/mol. The minimum Gasteiger partial charge on any atom is -0.341 e. The van der Waals surface area contributed by atoms with Crippen molar-refractivity contribution in [2.45, 2.75) is 84.2 Å². The van der Waals surface area contributed by atoms with Crippen molar-refractivity contribution in [3.63, 3.8) is 0 Å². The molecule has 1 aromatic rings. The van der Waals surface area contributed by atoms with E-state index >= 15 is 0 Å². The Labute approximate surface area is 187 Å². The highest BCUT2D eigenvalue weighted by Crippen LogP contribution is 2.64. The molecule has 0 aromatic heterocycles. The fourth-order valence-corrected chi connectivity index (χ4v) is 7.19. The summed E-state index contributed by atoms with van der Waals surface area (Å²) >= 11 is 0. The van der Waals surface area contributed by atoms with Crippen molar-refractivity contribution in [3.05, 3.63) is 30.3 Å². The summed E-state index contributed by atoms with van der Waals surface area (Å²) in [4.78, 5) is 30.8. The Balaban J connectivity index is 1.64. The molecule has 0 spiro atoms. The van der Waals surface area contributed by atoms with Crippen molar-refractivity contribution < 1.29 is 9.59 Å². The molecule has 5 nitrogen and oxygen atoms in total. The highest BCUT2D eigenvalue weighted by Gasteiger charge is 2.62. The molecular weight excluding hydrogens is 386 g/mol. The number of urea groups is 1. The van der Waals surface area contributed by atoms with Gasteiger partial charge in [-0.05, 0) is 61.0 Å². The molecule has 3 atom stereocenters. The van der Waals surface area contributed by atoms with E-state index < -0.39 is 0 Å². The molecule has 0 radical (unpaired) electrons. The van der Waals surface area contributed by atoms with Crippen LogP contribution in [0.1, 0.15) is 72.1 Å². The largest absolute Gasteiger partial charge is 0.341 e. The summed E-state index contributed by atoms with van der Waals surface area (Å²) in [6.45, 7) is 7.05. The highest BCUT2D eigenvalue weighted by atomic mass is 16.2. The van der Waals surface area contributed by atoms with Gasteiger partial charge in [-0.1, -0.05) is 58.2 Å². The van der Waals surface area contributed by atoms with Crippen molar-refractivity contribution >= 4 is 17.6 Å². The molecule has 1 N–H and O–H groups in total. The van der Waals surface area contributed by atoms with E-state index in [-0.39, 0.29) is 41.4 Å². The van der Waals surface area contributed by atoms with Crippen molar-refractivity contribution in [1.29, 1.82) is 0 Å². The van der Waals surface area contributed by atoms with Crippen molar-refractivity contribution in [2.24, 2.45) is 16.7 Å². The first kappa shape index (κ1) is 22.2. The van der Waals surface area contributed by atoms with E-state index in [1.807, 2.05) is 40.1 Å². The summed E-state index contributed by atoms with van der Waals surface area (Å²) < 4.78 is 0. The number of rotatable bonds is 5. The molecule has 170 valence electrons. The third kappa shape index (κ3) is 3.96. The Kier molecular flexibility index (Phi) is 6.06. The molecule has 0 heterocycles. The predicted octanol–water partition coefficient (Wildman–Crippen LogP) is 5.21. The minimum absolute atomic E-state index is 0.0161. The van der Waals surface area contributed by atoms with Crippen LogP contribution in [0, 0.1) is 16.7 Å². The zero-order chi connectivity index (χ0) is 22.2. The molecule has 2 bridgehead atoms. The number of nitrogens with one attached hydrogen (secondary N) is 1. The Morgan fingerprint density at radius 2 is 1.71 bits per heavy atom. The Hall–Kier alpha value is -2.04. The maximum absolute atomic E-state index is 13.9. The average Bonchev–Trinajstić information content (AvgIpc) is 3.25. The summed E-state index contributed by atoms with van der Waals surface area (Å²) in [5.74, 6) is 0.664. The first-order chi connectivity index (χ1) is 14.8. The van der Waals surface area contributed by atoms with Crippen LogP contribution in [0.5, 0.6) is 0 Å². The van der Waals surface area contributed by atoms with Crippen molar-refractivity contribution in [3.8, 4) is 0 Å². The predicted molar refractivity (Wildman–Crippen MR) is 125 cm³/mol. The standard InChI is InChI=1S/C26H39N3O2/c1-25(2)19-15-16-26(3,17-19)23(25)28(24(31)27-4)18-22(30)29(20-11-7-5-8-12-20)21-13-9-6-10-14-21/h5,7-8,11-12,19,21,23H,6,9-10,13-18H2,1-4H3,(H,27,31). The lowest BCUT2D eigenvalue weighted by Crippen LogP contribution is -2.60. The SMILES string of the molecule is CNC(=O)N(CC(=O)N(c1ccccc1)C1CCCCC1)C1C2(C)CCC(C2)C1(C)C. The van der Waals surface area contributed by atoms with Gasteiger partial charge < -0.3 is 15.1 Å². The van der Waals surface area contributed by atoms with Crippen LogP contribution in [0.2, 0.25) is 0 Å². The summed E-state index contributed by atoms with van der Waals surface area (Å²) in [5.41, 5.74) is 1.06. The molecule has 0 saturated heterocycles. The van der Waals surface area contributed by atoms with Crippen LogP contribution in [0.4, 0.5) is 10.5 Å². The molecule has 0 aliphatic heterocycles. The Morgan fingerprint density at radius 1 is 1.03 bits per heavy atom. The van der Waals surface area contributed by atoms with Crippen LogP contribution in [-0.2, 0) is 4.79 Å². The number of anilines is 1. The van der Waals surface area contributed by atoms with Crippen LogP contribution in [0.3, 0.4) is 0 Å². The minimum atomic E-state index is -0.128. The quantitative estimate of drug-likeness (QED) is 0.704. The van der Waals surface area contributed by atoms with E-state index in [4.69, 9.17) is 0 Å². The molecule has 3 aliphatic rings. The molecule has 4 rings (SSSR count). The van der Waals surface area contributed by atoms with Crippen LogP contribution in [0.15, 0.2) is 30.3 Å². The van der Waals surface area contributed by atoms with Gasteiger partial charge in [0.15, 0.2) is 0 Å². The van der Waals surface area contributed by atoms with Gasteiger partial charge in [0, 0.05) is 24.8 Å². The van der Waals surface area contributed by atoms with E-state index in [0.29, 0.717) is 5.92 Å². The van der Waals surface area contributed by atoms with Gasteiger partial charge in [-0.2, -0.15) is 0 Å². The Morgan fingerprint density at radius 3 is 2.29 bits per heavy atom. The second-order valence-electron chi connectivity index (χ2n) is 10.9. The molecule has 5 heteroatoms. The lowest BCUT2D eigenvalue weighted by atomic mass is 9.67. The molecule has 31 heavy (non-hydrogen) atoms. The monoisotopic (exact) mass is 425 g/mol. The number of para-hydroxylation sites is 1. The summed E-state index contributed by atoms with van der Waals surface area (Å²) in [6, 6.07) is 10.2. The highest BCUT2D eigenvalue weighted by molar-refractivity contribution is 5.97. The zero-order valence-electron chi connectivity index (χ0n) is 19.7. The van der Waals surface area contributed by atoms with Gasteiger partial charge in [0.05, 0.1) is 0 Å². The Bertz CT molecular complexity index is 797. The lowest BCUT2D eigenvalue weighted by Gasteiger charge is -2.49. The van der Waals surface area contributed by atoms with Gasteiger partial charge in [0.25, 0.3) is 0 Å². The fraction of sp³-hybridized carbons (Fsp3) is 0.692. The van der Waals surface area contributed by atoms with Crippen LogP contribution < -0.4 is 10.2 Å². The maximum Gasteiger partial charge on any atom is 0.317 e. The number of nitrogens with zero attached hydrogens (tertiary/aromatic N) is 2. The third-order valence-corrected chi connectivity index (χ3v) is 8.53. The normalized spacial score (nSPS) is 29.5. The number of carbonyl (C=O) groups excluding carboxylic acids is 2. The number of hydrogen-bond donors (Lipinski definition) is 1. The first-order valence-electron chi connectivity index (χ1n) is 12.1. The summed E-state index contributed by atoms with van der Waals surface area (Å²) in [5, 5.41) is 2.84. The van der Waals surface area contributed by atoms with Crippen molar-refractivity contribution in [1.82, 2.24) is 10.2 Å². The van der Waals surface area contributed by atoms with Gasteiger partial charge >= 0.3 is 6.03 Å². The van der Waals surface area contributed by atoms with E-state index in [1.54, 1.807) is 7.05 Å². The topological polar surface area (TPSA) is 52.7 Å². The molecule has 3 saturated carbocycles. The van der Waals surface area contributed by atoms with E-state index in [1.165, 1.54) is 12.8 Å². The fourth-order valence-electron chi connectivity index (χ4n) is 7.19. The smallest absolute Gasteiger partial charge is 0.317 e. The van der Waals surface area contributed by atoms with E-state index in [9.17, 15) is 9.59 Å². The summed E-state index contributed by atoms with van der Waals surface area (Å²) in [6.07, 6.45) is 9.16. The number of fused-ring (bicyclic) bond motifs is 2. The van der Waals surface area contributed by atoms with Crippen LogP contribution >= 0.6 is 0 Å². The number of carbonyl (C=O) groups is 2. The number of hydrogen-bond acceptors (Lipinski definition) is 2. The molecule has 1 aromatic carbocycles. The second-order valence-corrected chi connectivity index (χ2v) is 10.9. The third-order valence-electron chi connectivity index (χ3n) is 8.53. The zero-order valence-corrected chi connectivity index (χ0v) is 19.7. The van der Waals surface area contributed by atoms with Crippen LogP contribution in [0.25, 0.3) is 0 Å². The molecule has 3 amide bonds. The van der Waals surface area contributed by atoms with Gasteiger partial charge in [-0.25, -0.2) is 4.79 Å². The molecule has 3 unspecified atom stereocenters. The van der Waals surface area contributed by atoms with Gasteiger partial charge in [-0.15, -0.1) is 0 Å². The van der Waals surface area contributed by atoms with Gasteiger partial charge in [0.2, 0.25) is 5.91 Å². The van der Waals surface area contributed by atoms with Gasteiger partial charge in [-0.3, -0.25) is 4.79 Å². The van der Waals surface area contributed by atoms with Crippen molar-refractivity contribution in [2.75, 3.05) is 18.5 Å². The number of amides is 3. The molecule has 3 fully saturated rings.